The highest BCUT2D eigenvalue weighted by Gasteiger charge is 2.14. The number of aryl methyl sites for hydroxylation is 1. The summed E-state index contributed by atoms with van der Waals surface area (Å²) < 4.78 is 0. The van der Waals surface area contributed by atoms with Crippen LogP contribution in [0, 0.1) is 0 Å². The van der Waals surface area contributed by atoms with E-state index in [1.54, 1.807) is 30.1 Å². The largest absolute Gasteiger partial charge is 0.336 e. The number of benzene rings is 1. The molecule has 25 heavy (non-hydrogen) atoms. The maximum absolute atomic E-state index is 12.6. The molecule has 0 saturated carbocycles. The Morgan fingerprint density at radius 2 is 1.84 bits per heavy atom. The molecular weight excluding hydrogens is 322 g/mol. The Morgan fingerprint density at radius 3 is 2.56 bits per heavy atom. The minimum atomic E-state index is -0.744. The fourth-order valence-corrected chi connectivity index (χ4v) is 2.67. The smallest absolute Gasteiger partial charge is 0.314 e. The second kappa shape index (κ2) is 6.76. The first-order valence-corrected chi connectivity index (χ1v) is 8.03. The van der Waals surface area contributed by atoms with Gasteiger partial charge in [-0.25, -0.2) is 0 Å². The van der Waals surface area contributed by atoms with Gasteiger partial charge in [-0.15, -0.1) is 0 Å². The Kier molecular flexibility index (Phi) is 4.51. The number of carbonyl (C=O) groups is 1. The van der Waals surface area contributed by atoms with Crippen LogP contribution in [-0.2, 0) is 13.0 Å². The molecule has 8 nitrogen and oxygen atoms in total. The van der Waals surface area contributed by atoms with E-state index in [2.05, 4.69) is 27.1 Å². The Morgan fingerprint density at radius 1 is 1.12 bits per heavy atom. The molecule has 3 aromatic rings. The van der Waals surface area contributed by atoms with Crippen LogP contribution in [0.4, 0.5) is 0 Å². The van der Waals surface area contributed by atoms with Gasteiger partial charge in [-0.1, -0.05) is 13.3 Å². The van der Waals surface area contributed by atoms with Gasteiger partial charge in [0.15, 0.2) is 0 Å². The molecule has 8 heteroatoms. The van der Waals surface area contributed by atoms with Crippen LogP contribution in [0.2, 0.25) is 0 Å². The third-order valence-corrected chi connectivity index (χ3v) is 3.91. The fourth-order valence-electron chi connectivity index (χ4n) is 2.67. The van der Waals surface area contributed by atoms with E-state index in [-0.39, 0.29) is 5.91 Å². The Hall–Kier alpha value is -3.16. The number of H-pyrrole nitrogens is 3. The summed E-state index contributed by atoms with van der Waals surface area (Å²) in [5.41, 5.74) is 1.68. The number of amides is 1. The highest BCUT2D eigenvalue weighted by molar-refractivity contribution is 5.97. The third kappa shape index (κ3) is 3.52. The molecule has 2 aromatic heterocycles. The predicted molar refractivity (Wildman–Crippen MR) is 93.6 cm³/mol. The van der Waals surface area contributed by atoms with E-state index in [9.17, 15) is 14.4 Å². The summed E-state index contributed by atoms with van der Waals surface area (Å²) >= 11 is 0. The monoisotopic (exact) mass is 341 g/mol. The molecule has 3 N–H and O–H groups in total. The van der Waals surface area contributed by atoms with Gasteiger partial charge >= 0.3 is 11.1 Å². The van der Waals surface area contributed by atoms with Gasteiger partial charge in [-0.2, -0.15) is 5.10 Å². The highest BCUT2D eigenvalue weighted by Crippen LogP contribution is 2.13. The van der Waals surface area contributed by atoms with Crippen LogP contribution in [-0.4, -0.2) is 38.0 Å². The lowest BCUT2D eigenvalue weighted by Crippen LogP contribution is -2.29. The lowest BCUT2D eigenvalue weighted by atomic mass is 10.1. The molecule has 3 rings (SSSR count). The fraction of sp³-hybridized carbons (Fsp3) is 0.294. The van der Waals surface area contributed by atoms with Crippen molar-refractivity contribution in [3.63, 3.8) is 0 Å². The molecule has 0 aliphatic carbocycles. The topological polar surface area (TPSA) is 115 Å². The average Bonchev–Trinajstić information content (AvgIpc) is 3.02. The molecule has 0 atom stereocenters. The highest BCUT2D eigenvalue weighted by atomic mass is 16.2. The molecule has 1 amide bonds. The molecule has 0 spiro atoms. The van der Waals surface area contributed by atoms with Crippen LogP contribution in [0.15, 0.2) is 33.9 Å². The molecule has 0 unspecified atom stereocenters. The average molecular weight is 341 g/mol. The number of hydrogen-bond acceptors (Lipinski definition) is 4. The molecule has 130 valence electrons. The van der Waals surface area contributed by atoms with Gasteiger partial charge in [0, 0.05) is 12.6 Å². The summed E-state index contributed by atoms with van der Waals surface area (Å²) in [6, 6.07) is 6.73. The maximum Gasteiger partial charge on any atom is 0.314 e. The van der Waals surface area contributed by atoms with Crippen molar-refractivity contribution in [1.82, 2.24) is 25.1 Å². The number of fused-ring (bicyclic) bond motifs is 1. The van der Waals surface area contributed by atoms with E-state index in [4.69, 9.17) is 0 Å². The number of rotatable bonds is 5. The minimum Gasteiger partial charge on any atom is -0.336 e. The van der Waals surface area contributed by atoms with Crippen LogP contribution in [0.3, 0.4) is 0 Å². The zero-order valence-electron chi connectivity index (χ0n) is 14.0. The zero-order valence-corrected chi connectivity index (χ0v) is 14.0. The Balaban J connectivity index is 1.81. The predicted octanol–water partition coefficient (Wildman–Crippen LogP) is 1.16. The maximum atomic E-state index is 12.6. The number of nitrogens with zero attached hydrogens (tertiary/aromatic N) is 2. The molecule has 1 aromatic carbocycles. The van der Waals surface area contributed by atoms with Gasteiger partial charge < -0.3 is 14.9 Å². The van der Waals surface area contributed by atoms with Crippen LogP contribution in [0.25, 0.3) is 11.0 Å². The lowest BCUT2D eigenvalue weighted by molar-refractivity contribution is 0.0783. The number of hydrogen-bond donors (Lipinski definition) is 3. The van der Waals surface area contributed by atoms with Gasteiger partial charge in [0.05, 0.1) is 29.0 Å². The summed E-state index contributed by atoms with van der Waals surface area (Å²) in [6.45, 7) is 2.48. The molecule has 0 radical (unpaired) electrons. The van der Waals surface area contributed by atoms with E-state index in [0.717, 1.165) is 24.2 Å². The Labute approximate surface area is 142 Å². The molecule has 2 heterocycles. The van der Waals surface area contributed by atoms with Crippen molar-refractivity contribution in [2.45, 2.75) is 26.3 Å². The second-order valence-corrected chi connectivity index (χ2v) is 5.96. The van der Waals surface area contributed by atoms with Crippen molar-refractivity contribution in [1.29, 1.82) is 0 Å². The van der Waals surface area contributed by atoms with E-state index in [0.29, 0.717) is 23.1 Å². The van der Waals surface area contributed by atoms with Crippen molar-refractivity contribution >= 4 is 16.9 Å². The molecular formula is C17H19N5O3. The van der Waals surface area contributed by atoms with Crippen molar-refractivity contribution in [3.05, 3.63) is 61.9 Å². The number of carbonyl (C=O) groups excluding carboxylic acids is 1. The van der Waals surface area contributed by atoms with Gasteiger partial charge in [-0.3, -0.25) is 19.5 Å². The normalized spacial score (nSPS) is 11.0. The standard InChI is InChI=1S/C17H19N5O3/c1-3-4-11-8-12(21-20-11)9-22(2)17(25)10-5-6-13-14(7-10)19-16(24)15(23)18-13/h5-8H,3-4,9H2,1-2H3,(H,18,23)(H,19,24)(H,20,21). The van der Waals surface area contributed by atoms with E-state index in [1.165, 1.54) is 0 Å². The van der Waals surface area contributed by atoms with Crippen LogP contribution >= 0.6 is 0 Å². The zero-order chi connectivity index (χ0) is 18.0. The van der Waals surface area contributed by atoms with Gasteiger partial charge in [-0.05, 0) is 30.7 Å². The number of nitrogens with one attached hydrogen (secondary N) is 3. The van der Waals surface area contributed by atoms with E-state index < -0.39 is 11.1 Å². The van der Waals surface area contributed by atoms with E-state index in [1.807, 2.05) is 6.07 Å². The first kappa shape index (κ1) is 16.7. The molecule has 0 fully saturated rings. The Bertz CT molecular complexity index is 1030. The summed E-state index contributed by atoms with van der Waals surface area (Å²) in [4.78, 5) is 41.9. The quantitative estimate of drug-likeness (QED) is 0.604. The number of aromatic amines is 3. The number of aromatic nitrogens is 4. The molecule has 0 aliphatic rings. The van der Waals surface area contributed by atoms with Crippen LogP contribution in [0.1, 0.15) is 35.1 Å². The summed E-state index contributed by atoms with van der Waals surface area (Å²) in [5, 5.41) is 7.15. The van der Waals surface area contributed by atoms with Crippen LogP contribution < -0.4 is 11.1 Å². The lowest BCUT2D eigenvalue weighted by Gasteiger charge is -2.16. The van der Waals surface area contributed by atoms with Crippen molar-refractivity contribution < 1.29 is 4.79 Å². The second-order valence-electron chi connectivity index (χ2n) is 5.96. The summed E-state index contributed by atoms with van der Waals surface area (Å²) in [7, 11) is 1.70. The SMILES string of the molecule is CCCc1cc(CN(C)C(=O)c2ccc3[nH]c(=O)c(=O)[nH]c3c2)[nH]n1. The van der Waals surface area contributed by atoms with Crippen molar-refractivity contribution in [2.75, 3.05) is 7.05 Å². The summed E-state index contributed by atoms with van der Waals surface area (Å²) in [5.74, 6) is -0.194. The van der Waals surface area contributed by atoms with Crippen molar-refractivity contribution in [2.24, 2.45) is 0 Å². The molecule has 0 bridgehead atoms. The van der Waals surface area contributed by atoms with Gasteiger partial charge in [0.1, 0.15) is 0 Å². The molecule has 0 aliphatic heterocycles. The van der Waals surface area contributed by atoms with Crippen LogP contribution in [0.5, 0.6) is 0 Å². The first-order valence-electron chi connectivity index (χ1n) is 8.03. The van der Waals surface area contributed by atoms with Gasteiger partial charge in [0.2, 0.25) is 0 Å². The third-order valence-electron chi connectivity index (χ3n) is 3.91. The van der Waals surface area contributed by atoms with Crippen molar-refractivity contribution in [3.8, 4) is 0 Å². The summed E-state index contributed by atoms with van der Waals surface area (Å²) in [6.07, 6.45) is 1.90. The first-order chi connectivity index (χ1) is 12.0. The molecule has 0 saturated heterocycles. The minimum absolute atomic E-state index is 0.194. The van der Waals surface area contributed by atoms with E-state index >= 15 is 0 Å². The van der Waals surface area contributed by atoms with Gasteiger partial charge in [0.25, 0.3) is 5.91 Å².